The van der Waals surface area contributed by atoms with Crippen LogP contribution in [0.25, 0.3) is 0 Å². The Morgan fingerprint density at radius 2 is 1.86 bits per heavy atom. The molecule has 1 aliphatic carbocycles. The lowest BCUT2D eigenvalue weighted by Crippen LogP contribution is -2.30. The van der Waals surface area contributed by atoms with Crippen molar-refractivity contribution in [3.8, 4) is 0 Å². The first kappa shape index (κ1) is 15.7. The molecule has 21 heavy (non-hydrogen) atoms. The zero-order valence-electron chi connectivity index (χ0n) is 11.8. The van der Waals surface area contributed by atoms with Crippen LogP contribution < -0.4 is 10.5 Å². The third-order valence-electron chi connectivity index (χ3n) is 3.50. The van der Waals surface area contributed by atoms with Crippen molar-refractivity contribution in [2.24, 2.45) is 11.1 Å². The van der Waals surface area contributed by atoms with Crippen LogP contribution in [0.4, 0.5) is 0 Å². The van der Waals surface area contributed by atoms with Crippen molar-refractivity contribution in [3.63, 3.8) is 0 Å². The number of nitrogens with one attached hydrogen (secondary N) is 1. The molecule has 2 rings (SSSR count). The Morgan fingerprint density at radius 3 is 2.43 bits per heavy atom. The lowest BCUT2D eigenvalue weighted by Gasteiger charge is -2.17. The van der Waals surface area contributed by atoms with E-state index in [1.807, 2.05) is 12.1 Å². The van der Waals surface area contributed by atoms with Crippen LogP contribution in [0.5, 0.6) is 0 Å². The number of primary sulfonamides is 1. The molecule has 5 nitrogen and oxygen atoms in total. The van der Waals surface area contributed by atoms with Gasteiger partial charge in [0.2, 0.25) is 15.9 Å². The minimum atomic E-state index is -3.51. The molecule has 0 spiro atoms. The number of hydrogen-bond acceptors (Lipinski definition) is 3. The second-order valence-electron chi connectivity index (χ2n) is 5.32. The summed E-state index contributed by atoms with van der Waals surface area (Å²) in [6.45, 7) is 0.453. The molecule has 0 aliphatic heterocycles. The Balaban J connectivity index is 1.86. The number of carbonyl (C=O) groups excluding carboxylic acids is 1. The third kappa shape index (κ3) is 5.32. The molecular weight excluding hydrogens is 288 g/mol. The fraction of sp³-hybridized carbons (Fsp3) is 0.400. The third-order valence-corrected chi connectivity index (χ3v) is 4.23. The first-order valence-electron chi connectivity index (χ1n) is 6.95. The molecule has 0 aromatic heterocycles. The van der Waals surface area contributed by atoms with E-state index in [0.29, 0.717) is 12.1 Å². The van der Waals surface area contributed by atoms with Crippen molar-refractivity contribution in [2.45, 2.75) is 31.6 Å². The van der Waals surface area contributed by atoms with Crippen molar-refractivity contribution in [1.82, 2.24) is 5.32 Å². The Hall–Kier alpha value is -1.66. The average Bonchev–Trinajstić information content (AvgIpc) is 2.45. The highest BCUT2D eigenvalue weighted by atomic mass is 32.2. The summed E-state index contributed by atoms with van der Waals surface area (Å²) in [4.78, 5) is 12.0. The summed E-state index contributed by atoms with van der Waals surface area (Å²) in [5.74, 6) is -0.0294. The van der Waals surface area contributed by atoms with E-state index < -0.39 is 10.0 Å². The number of amides is 1. The van der Waals surface area contributed by atoms with Crippen molar-refractivity contribution < 1.29 is 13.2 Å². The van der Waals surface area contributed by atoms with Crippen molar-refractivity contribution in [3.05, 3.63) is 47.5 Å². The zero-order chi connectivity index (χ0) is 15.3. The van der Waals surface area contributed by atoms with Crippen LogP contribution in [-0.4, -0.2) is 14.3 Å². The van der Waals surface area contributed by atoms with Crippen LogP contribution in [0.1, 0.15) is 30.4 Å². The van der Waals surface area contributed by atoms with Gasteiger partial charge in [-0.15, -0.1) is 0 Å². The van der Waals surface area contributed by atoms with Gasteiger partial charge in [-0.25, -0.2) is 13.6 Å². The summed E-state index contributed by atoms with van der Waals surface area (Å²) in [7, 11) is -3.51. The van der Waals surface area contributed by atoms with Gasteiger partial charge in [-0.05, 0) is 30.4 Å². The standard InChI is InChI=1S/C15H20N2O3S/c16-21(19,20)11-13-8-6-12(7-9-13)10-17-15(18)14-4-2-1-3-5-14/h1-2,6-9,14H,3-5,10-11H2,(H,17,18)(H2,16,19,20)/t14-/m1/s1. The zero-order valence-corrected chi connectivity index (χ0v) is 12.6. The second kappa shape index (κ2) is 6.87. The topological polar surface area (TPSA) is 89.3 Å². The van der Waals surface area contributed by atoms with Crippen LogP contribution in [-0.2, 0) is 27.1 Å². The van der Waals surface area contributed by atoms with Gasteiger partial charge in [0.1, 0.15) is 0 Å². The van der Waals surface area contributed by atoms with Crippen molar-refractivity contribution in [2.75, 3.05) is 0 Å². The fourth-order valence-electron chi connectivity index (χ4n) is 2.35. The summed E-state index contributed by atoms with van der Waals surface area (Å²) in [6, 6.07) is 7.05. The van der Waals surface area contributed by atoms with E-state index in [2.05, 4.69) is 17.5 Å². The molecule has 6 heteroatoms. The maximum atomic E-state index is 12.0. The van der Waals surface area contributed by atoms with Crippen LogP contribution in [0.3, 0.4) is 0 Å². The summed E-state index contributed by atoms with van der Waals surface area (Å²) in [5, 5.41) is 7.92. The lowest BCUT2D eigenvalue weighted by atomic mass is 9.93. The van der Waals surface area contributed by atoms with E-state index in [0.717, 1.165) is 24.8 Å². The number of sulfonamides is 1. The SMILES string of the molecule is NS(=O)(=O)Cc1ccc(CNC(=O)[C@@H]2CC=CCC2)cc1. The molecule has 0 unspecified atom stereocenters. The molecule has 1 aromatic rings. The average molecular weight is 308 g/mol. The van der Waals surface area contributed by atoms with Crippen LogP contribution >= 0.6 is 0 Å². The number of carbonyl (C=O) groups is 1. The number of allylic oxidation sites excluding steroid dienone is 2. The predicted molar refractivity (Wildman–Crippen MR) is 81.6 cm³/mol. The number of rotatable bonds is 5. The van der Waals surface area contributed by atoms with Gasteiger partial charge in [0.15, 0.2) is 0 Å². The molecule has 0 saturated heterocycles. The molecule has 0 fully saturated rings. The predicted octanol–water partition coefficient (Wildman–Crippen LogP) is 1.45. The highest BCUT2D eigenvalue weighted by Crippen LogP contribution is 2.18. The van der Waals surface area contributed by atoms with Gasteiger partial charge in [-0.2, -0.15) is 0 Å². The normalized spacial score (nSPS) is 18.4. The summed E-state index contributed by atoms with van der Waals surface area (Å²) < 4.78 is 22.0. The van der Waals surface area contributed by atoms with Crippen LogP contribution in [0.15, 0.2) is 36.4 Å². The first-order valence-corrected chi connectivity index (χ1v) is 8.66. The van der Waals surface area contributed by atoms with Gasteiger partial charge in [0.05, 0.1) is 5.75 Å². The lowest BCUT2D eigenvalue weighted by molar-refractivity contribution is -0.125. The molecule has 1 amide bonds. The van der Waals surface area contributed by atoms with E-state index in [4.69, 9.17) is 5.14 Å². The minimum absolute atomic E-state index is 0.0663. The number of nitrogens with two attached hydrogens (primary N) is 1. The maximum Gasteiger partial charge on any atom is 0.223 e. The molecule has 1 aliphatic rings. The Kier molecular flexibility index (Phi) is 5.14. The summed E-state index contributed by atoms with van der Waals surface area (Å²) in [6.07, 6.45) is 6.82. The van der Waals surface area contributed by atoms with Crippen molar-refractivity contribution in [1.29, 1.82) is 0 Å². The first-order chi connectivity index (χ1) is 9.94. The molecular formula is C15H20N2O3S. The van der Waals surface area contributed by atoms with Crippen LogP contribution in [0.2, 0.25) is 0 Å². The van der Waals surface area contributed by atoms with E-state index >= 15 is 0 Å². The smallest absolute Gasteiger partial charge is 0.223 e. The minimum Gasteiger partial charge on any atom is -0.352 e. The van der Waals surface area contributed by atoms with E-state index in [1.165, 1.54) is 0 Å². The maximum absolute atomic E-state index is 12.0. The summed E-state index contributed by atoms with van der Waals surface area (Å²) in [5.41, 5.74) is 1.58. The van der Waals surface area contributed by atoms with Crippen LogP contribution in [0, 0.1) is 5.92 Å². The number of hydrogen-bond donors (Lipinski definition) is 2. The second-order valence-corrected chi connectivity index (χ2v) is 6.94. The Bertz CT molecular complexity index is 621. The number of benzene rings is 1. The molecule has 0 saturated carbocycles. The fourth-order valence-corrected chi connectivity index (χ4v) is 3.01. The summed E-state index contributed by atoms with van der Waals surface area (Å²) >= 11 is 0. The molecule has 114 valence electrons. The Morgan fingerprint density at radius 1 is 1.19 bits per heavy atom. The molecule has 0 heterocycles. The van der Waals surface area contributed by atoms with E-state index in [9.17, 15) is 13.2 Å². The van der Waals surface area contributed by atoms with Gasteiger partial charge in [-0.3, -0.25) is 4.79 Å². The highest BCUT2D eigenvalue weighted by molar-refractivity contribution is 7.88. The van der Waals surface area contributed by atoms with Gasteiger partial charge < -0.3 is 5.32 Å². The Labute approximate surface area is 125 Å². The molecule has 1 aromatic carbocycles. The van der Waals surface area contributed by atoms with Crippen molar-refractivity contribution >= 4 is 15.9 Å². The monoisotopic (exact) mass is 308 g/mol. The van der Waals surface area contributed by atoms with E-state index in [-0.39, 0.29) is 17.6 Å². The van der Waals surface area contributed by atoms with Gasteiger partial charge in [0, 0.05) is 12.5 Å². The van der Waals surface area contributed by atoms with Gasteiger partial charge in [-0.1, -0.05) is 36.4 Å². The largest absolute Gasteiger partial charge is 0.352 e. The van der Waals surface area contributed by atoms with Gasteiger partial charge in [0.25, 0.3) is 0 Å². The molecule has 0 bridgehead atoms. The van der Waals surface area contributed by atoms with Gasteiger partial charge >= 0.3 is 0 Å². The molecule has 1 atom stereocenters. The molecule has 0 radical (unpaired) electrons. The highest BCUT2D eigenvalue weighted by Gasteiger charge is 2.17. The molecule has 3 N–H and O–H groups in total. The quantitative estimate of drug-likeness (QED) is 0.807. The van der Waals surface area contributed by atoms with E-state index in [1.54, 1.807) is 12.1 Å².